The van der Waals surface area contributed by atoms with Gasteiger partial charge in [-0.25, -0.2) is 0 Å². The molecule has 0 radical (unpaired) electrons. The van der Waals surface area contributed by atoms with Gasteiger partial charge < -0.3 is 15.0 Å². The highest BCUT2D eigenvalue weighted by atomic mass is 16.6. The zero-order chi connectivity index (χ0) is 16.4. The first-order valence-electron chi connectivity index (χ1n) is 6.75. The summed E-state index contributed by atoms with van der Waals surface area (Å²) in [4.78, 5) is 32.1. The second-order valence-corrected chi connectivity index (χ2v) is 4.98. The Morgan fingerprint density at radius 1 is 1.43 bits per heavy atom. The van der Waals surface area contributed by atoms with Gasteiger partial charge in [0.15, 0.2) is 12.4 Å². The van der Waals surface area contributed by atoms with E-state index >= 15 is 0 Å². The van der Waals surface area contributed by atoms with Crippen LogP contribution in [0.1, 0.15) is 5.69 Å². The summed E-state index contributed by atoms with van der Waals surface area (Å²) < 4.78 is 5.22. The van der Waals surface area contributed by atoms with E-state index < -0.39 is 4.92 Å². The number of benzene rings is 1. The Balaban J connectivity index is 1.97. The van der Waals surface area contributed by atoms with Gasteiger partial charge >= 0.3 is 0 Å². The molecule has 0 aliphatic carbocycles. The number of hydrogen-bond donors (Lipinski definition) is 1. The number of nitrogens with zero attached hydrogens (tertiary/aromatic N) is 4. The van der Waals surface area contributed by atoms with E-state index in [0.29, 0.717) is 23.6 Å². The van der Waals surface area contributed by atoms with Crippen molar-refractivity contribution in [2.75, 3.05) is 23.9 Å². The number of aromatic nitrogens is 2. The summed E-state index contributed by atoms with van der Waals surface area (Å²) in [5, 5.41) is 14.0. The summed E-state index contributed by atoms with van der Waals surface area (Å²) in [5.41, 5.74) is 1.33. The van der Waals surface area contributed by atoms with Crippen molar-refractivity contribution < 1.29 is 14.5 Å². The predicted octanol–water partition coefficient (Wildman–Crippen LogP) is 1.35. The summed E-state index contributed by atoms with van der Waals surface area (Å²) in [6, 6.07) is 2.85. The molecule has 1 aliphatic rings. The number of carbonyl (C=O) groups excluding carboxylic acids is 1. The van der Waals surface area contributed by atoms with Crippen molar-refractivity contribution in [3.05, 3.63) is 46.5 Å². The second kappa shape index (κ2) is 5.87. The first-order valence-corrected chi connectivity index (χ1v) is 6.75. The monoisotopic (exact) mass is 315 g/mol. The minimum absolute atomic E-state index is 0.105. The molecule has 0 saturated carbocycles. The number of anilines is 2. The minimum Gasteiger partial charge on any atom is -0.481 e. The van der Waals surface area contributed by atoms with Crippen LogP contribution < -0.4 is 15.0 Å². The van der Waals surface area contributed by atoms with E-state index in [9.17, 15) is 14.9 Å². The van der Waals surface area contributed by atoms with Crippen LogP contribution in [0.25, 0.3) is 0 Å². The molecule has 0 saturated heterocycles. The van der Waals surface area contributed by atoms with Crippen LogP contribution in [0.15, 0.2) is 30.7 Å². The van der Waals surface area contributed by atoms with E-state index in [1.165, 1.54) is 12.1 Å². The molecule has 1 N–H and O–H groups in total. The molecule has 9 nitrogen and oxygen atoms in total. The Bertz CT molecular complexity index is 765. The number of fused-ring (bicyclic) bond motifs is 1. The molecule has 2 heterocycles. The molecule has 1 aliphatic heterocycles. The topological polar surface area (TPSA) is 110 Å². The molecule has 0 atom stereocenters. The third-order valence-electron chi connectivity index (χ3n) is 3.33. The molecule has 1 aromatic heterocycles. The number of amides is 1. The zero-order valence-corrected chi connectivity index (χ0v) is 12.2. The highest BCUT2D eigenvalue weighted by molar-refractivity contribution is 5.96. The van der Waals surface area contributed by atoms with Gasteiger partial charge in [-0.1, -0.05) is 0 Å². The Labute approximate surface area is 131 Å². The maximum Gasteiger partial charge on any atom is 0.296 e. The van der Waals surface area contributed by atoms with E-state index in [4.69, 9.17) is 4.74 Å². The zero-order valence-electron chi connectivity index (χ0n) is 12.2. The van der Waals surface area contributed by atoms with Crippen LogP contribution in [0.2, 0.25) is 0 Å². The van der Waals surface area contributed by atoms with Crippen LogP contribution in [0.3, 0.4) is 0 Å². The van der Waals surface area contributed by atoms with Gasteiger partial charge in [-0.2, -0.15) is 0 Å². The van der Waals surface area contributed by atoms with Crippen LogP contribution in [0.4, 0.5) is 17.1 Å². The van der Waals surface area contributed by atoms with Crippen molar-refractivity contribution >= 4 is 23.0 Å². The van der Waals surface area contributed by atoms with Gasteiger partial charge in [0.2, 0.25) is 0 Å². The highest BCUT2D eigenvalue weighted by Crippen LogP contribution is 2.39. The minimum atomic E-state index is -0.484. The molecule has 0 unspecified atom stereocenters. The average Bonchev–Trinajstić information content (AvgIpc) is 2.54. The lowest BCUT2D eigenvalue weighted by Crippen LogP contribution is -2.26. The van der Waals surface area contributed by atoms with Gasteiger partial charge in [0.1, 0.15) is 5.69 Å². The van der Waals surface area contributed by atoms with Crippen molar-refractivity contribution in [1.29, 1.82) is 0 Å². The van der Waals surface area contributed by atoms with Crippen LogP contribution in [0.5, 0.6) is 5.75 Å². The molecule has 2 aromatic rings. The maximum absolute atomic E-state index is 11.4. The first kappa shape index (κ1) is 14.7. The number of hydrogen-bond acceptors (Lipinski definition) is 7. The lowest BCUT2D eigenvalue weighted by molar-refractivity contribution is -0.384. The van der Waals surface area contributed by atoms with Crippen molar-refractivity contribution in [1.82, 2.24) is 9.97 Å². The summed E-state index contributed by atoms with van der Waals surface area (Å²) in [6.07, 6.45) is 4.70. The van der Waals surface area contributed by atoms with Crippen LogP contribution in [-0.2, 0) is 11.3 Å². The van der Waals surface area contributed by atoms with E-state index in [1.54, 1.807) is 30.5 Å². The SMILES string of the molecule is CN(Cc1cnccn1)c1cc2c(cc1[N+](=O)[O-])OCC(=O)N2. The number of rotatable bonds is 4. The molecular formula is C14H13N5O4. The van der Waals surface area contributed by atoms with Gasteiger partial charge in [-0.15, -0.1) is 0 Å². The van der Waals surface area contributed by atoms with E-state index in [0.717, 1.165) is 0 Å². The van der Waals surface area contributed by atoms with Crippen molar-refractivity contribution in [2.45, 2.75) is 6.54 Å². The Morgan fingerprint density at radius 3 is 2.96 bits per heavy atom. The summed E-state index contributed by atoms with van der Waals surface area (Å²) in [7, 11) is 1.70. The van der Waals surface area contributed by atoms with E-state index in [2.05, 4.69) is 15.3 Å². The van der Waals surface area contributed by atoms with Crippen molar-refractivity contribution in [2.24, 2.45) is 0 Å². The van der Waals surface area contributed by atoms with Gasteiger partial charge in [-0.05, 0) is 6.07 Å². The molecule has 0 bridgehead atoms. The Morgan fingerprint density at radius 2 is 2.26 bits per heavy atom. The average molecular weight is 315 g/mol. The standard InChI is InChI=1S/C14H13N5O4/c1-18(7-9-6-15-2-3-16-9)11-4-10-13(5-12(11)19(21)22)23-8-14(20)17-10/h2-6H,7-8H2,1H3,(H,17,20). The molecular weight excluding hydrogens is 302 g/mol. The first-order chi connectivity index (χ1) is 11.0. The van der Waals surface area contributed by atoms with E-state index in [-0.39, 0.29) is 24.0 Å². The summed E-state index contributed by atoms with van der Waals surface area (Å²) in [5.74, 6) is -0.0122. The molecule has 1 amide bonds. The van der Waals surface area contributed by atoms with Crippen LogP contribution in [0, 0.1) is 10.1 Å². The lowest BCUT2D eigenvalue weighted by atomic mass is 10.2. The molecule has 9 heteroatoms. The van der Waals surface area contributed by atoms with Gasteiger partial charge in [0, 0.05) is 19.4 Å². The second-order valence-electron chi connectivity index (χ2n) is 4.98. The van der Waals surface area contributed by atoms with Crippen LogP contribution in [-0.4, -0.2) is 34.5 Å². The quantitative estimate of drug-likeness (QED) is 0.669. The fourth-order valence-electron chi connectivity index (χ4n) is 2.30. The molecule has 0 spiro atoms. The predicted molar refractivity (Wildman–Crippen MR) is 81.4 cm³/mol. The lowest BCUT2D eigenvalue weighted by Gasteiger charge is -2.23. The number of carbonyl (C=O) groups is 1. The smallest absolute Gasteiger partial charge is 0.296 e. The normalized spacial score (nSPS) is 12.8. The van der Waals surface area contributed by atoms with Gasteiger partial charge in [0.05, 0.1) is 35.1 Å². The van der Waals surface area contributed by atoms with Gasteiger partial charge in [-0.3, -0.25) is 24.9 Å². The summed E-state index contributed by atoms with van der Waals surface area (Å²) >= 11 is 0. The fourth-order valence-corrected chi connectivity index (χ4v) is 2.30. The number of nitro groups is 1. The third-order valence-corrected chi connectivity index (χ3v) is 3.33. The van der Waals surface area contributed by atoms with Crippen molar-refractivity contribution in [3.63, 3.8) is 0 Å². The highest BCUT2D eigenvalue weighted by Gasteiger charge is 2.25. The van der Waals surface area contributed by atoms with Crippen LogP contribution >= 0.6 is 0 Å². The van der Waals surface area contributed by atoms with Gasteiger partial charge in [0.25, 0.3) is 11.6 Å². The summed E-state index contributed by atoms with van der Waals surface area (Å²) in [6.45, 7) is 0.182. The third kappa shape index (κ3) is 3.03. The molecule has 0 fully saturated rings. The number of ether oxygens (including phenoxy) is 1. The molecule has 3 rings (SSSR count). The Hall–Kier alpha value is -3.23. The number of nitrogens with one attached hydrogen (secondary N) is 1. The number of nitro benzene ring substituents is 1. The fraction of sp³-hybridized carbons (Fsp3) is 0.214. The molecule has 118 valence electrons. The maximum atomic E-state index is 11.4. The molecule has 1 aromatic carbocycles. The van der Waals surface area contributed by atoms with E-state index in [1.807, 2.05) is 0 Å². The Kier molecular flexibility index (Phi) is 3.75. The largest absolute Gasteiger partial charge is 0.481 e. The molecule has 23 heavy (non-hydrogen) atoms. The van der Waals surface area contributed by atoms with Crippen molar-refractivity contribution in [3.8, 4) is 5.75 Å².